The van der Waals surface area contributed by atoms with E-state index in [2.05, 4.69) is 25.7 Å². The smallest absolute Gasteiger partial charge is 0.00161 e. The zero-order valence-electron chi connectivity index (χ0n) is 14.2. The SMILES string of the molecule is CC1CC2CCC(CCN3CCCC3)CC2C1.CCC. The molecule has 4 atom stereocenters. The van der Waals surface area contributed by atoms with Gasteiger partial charge in [0.05, 0.1) is 0 Å². The van der Waals surface area contributed by atoms with Gasteiger partial charge in [-0.05, 0) is 88.3 Å². The molecule has 1 heterocycles. The average Bonchev–Trinajstić information content (AvgIpc) is 3.04. The third kappa shape index (κ3) is 4.76. The number of rotatable bonds is 3. The summed E-state index contributed by atoms with van der Waals surface area (Å²) in [4.78, 5) is 2.70. The number of likely N-dealkylation sites (tertiary alicyclic amines) is 1. The fourth-order valence-corrected chi connectivity index (χ4v) is 4.79. The molecule has 1 aliphatic heterocycles. The normalized spacial score (nSPS) is 37.4. The highest BCUT2D eigenvalue weighted by Crippen LogP contribution is 2.47. The Morgan fingerprint density at radius 3 is 2.25 bits per heavy atom. The zero-order chi connectivity index (χ0) is 14.4. The van der Waals surface area contributed by atoms with Crippen molar-refractivity contribution >= 4 is 0 Å². The van der Waals surface area contributed by atoms with E-state index in [1.807, 2.05) is 0 Å². The minimum absolute atomic E-state index is 1.03. The van der Waals surface area contributed by atoms with Crippen molar-refractivity contribution in [2.24, 2.45) is 23.7 Å². The van der Waals surface area contributed by atoms with Crippen molar-refractivity contribution in [3.05, 3.63) is 0 Å². The standard InChI is InChI=1S/C16H29N.C3H8/c1-13-10-15-5-4-14(12-16(15)11-13)6-9-17-7-2-3-8-17;1-3-2/h13-16H,2-12H2,1H3;3H2,1-2H3. The van der Waals surface area contributed by atoms with Crippen LogP contribution in [0.1, 0.15) is 78.6 Å². The molecule has 1 heteroatoms. The van der Waals surface area contributed by atoms with Gasteiger partial charge in [-0.1, -0.05) is 33.6 Å². The Bertz CT molecular complexity index is 256. The molecule has 0 spiro atoms. The van der Waals surface area contributed by atoms with Crippen LogP contribution in [-0.2, 0) is 0 Å². The van der Waals surface area contributed by atoms with Crippen molar-refractivity contribution in [3.8, 4) is 0 Å². The van der Waals surface area contributed by atoms with E-state index in [-0.39, 0.29) is 0 Å². The molecular weight excluding hydrogens is 242 g/mol. The lowest BCUT2D eigenvalue weighted by Gasteiger charge is -2.32. The maximum Gasteiger partial charge on any atom is -0.00161 e. The first-order valence-corrected chi connectivity index (χ1v) is 9.45. The van der Waals surface area contributed by atoms with Crippen LogP contribution in [0.4, 0.5) is 0 Å². The predicted octanol–water partition coefficient (Wildman–Crippen LogP) is 5.35. The van der Waals surface area contributed by atoms with Crippen LogP contribution < -0.4 is 0 Å². The van der Waals surface area contributed by atoms with Crippen molar-refractivity contribution in [2.45, 2.75) is 78.6 Å². The molecule has 3 fully saturated rings. The Kier molecular flexibility index (Phi) is 6.87. The van der Waals surface area contributed by atoms with Gasteiger partial charge in [-0.25, -0.2) is 0 Å². The van der Waals surface area contributed by atoms with Gasteiger partial charge in [-0.2, -0.15) is 0 Å². The second-order valence-electron chi connectivity index (χ2n) is 7.82. The van der Waals surface area contributed by atoms with Crippen molar-refractivity contribution in [2.75, 3.05) is 19.6 Å². The lowest BCUT2D eigenvalue weighted by atomic mass is 9.75. The molecule has 1 nitrogen and oxygen atoms in total. The molecule has 0 aromatic rings. The molecule has 1 saturated heterocycles. The van der Waals surface area contributed by atoms with Crippen molar-refractivity contribution in [3.63, 3.8) is 0 Å². The van der Waals surface area contributed by atoms with E-state index in [1.165, 1.54) is 45.3 Å². The Hall–Kier alpha value is -0.0400. The van der Waals surface area contributed by atoms with Crippen LogP contribution in [0.2, 0.25) is 0 Å². The maximum atomic E-state index is 2.70. The summed E-state index contributed by atoms with van der Waals surface area (Å²) in [6, 6.07) is 0. The van der Waals surface area contributed by atoms with Gasteiger partial charge in [0.15, 0.2) is 0 Å². The second-order valence-corrected chi connectivity index (χ2v) is 7.82. The first-order chi connectivity index (χ1) is 9.72. The first kappa shape index (κ1) is 16.3. The highest BCUT2D eigenvalue weighted by Gasteiger charge is 2.36. The molecule has 3 aliphatic rings. The van der Waals surface area contributed by atoms with Crippen LogP contribution in [0.25, 0.3) is 0 Å². The number of hydrogen-bond donors (Lipinski definition) is 0. The highest BCUT2D eigenvalue weighted by atomic mass is 15.1. The third-order valence-corrected chi connectivity index (χ3v) is 5.71. The van der Waals surface area contributed by atoms with Crippen molar-refractivity contribution < 1.29 is 0 Å². The predicted molar refractivity (Wildman–Crippen MR) is 89.0 cm³/mol. The van der Waals surface area contributed by atoms with Crippen LogP contribution >= 0.6 is 0 Å². The largest absolute Gasteiger partial charge is 0.303 e. The van der Waals surface area contributed by atoms with Gasteiger partial charge in [0.25, 0.3) is 0 Å². The quantitative estimate of drug-likeness (QED) is 0.673. The van der Waals surface area contributed by atoms with E-state index in [0.717, 1.165) is 23.7 Å². The monoisotopic (exact) mass is 279 g/mol. The molecular formula is C19H37N. The number of fused-ring (bicyclic) bond motifs is 1. The van der Waals surface area contributed by atoms with Crippen LogP contribution in [0.3, 0.4) is 0 Å². The molecule has 3 rings (SSSR count). The van der Waals surface area contributed by atoms with Gasteiger partial charge >= 0.3 is 0 Å². The summed E-state index contributed by atoms with van der Waals surface area (Å²) in [5.74, 6) is 4.33. The lowest BCUT2D eigenvalue weighted by molar-refractivity contribution is 0.183. The lowest BCUT2D eigenvalue weighted by Crippen LogP contribution is -2.26. The molecule has 0 bridgehead atoms. The number of hydrogen-bond acceptors (Lipinski definition) is 1. The van der Waals surface area contributed by atoms with Crippen LogP contribution in [0, 0.1) is 23.7 Å². The molecule has 118 valence electrons. The fourth-order valence-electron chi connectivity index (χ4n) is 4.79. The van der Waals surface area contributed by atoms with Crippen LogP contribution in [0.5, 0.6) is 0 Å². The van der Waals surface area contributed by atoms with Gasteiger partial charge in [0.2, 0.25) is 0 Å². The molecule has 0 radical (unpaired) electrons. The Morgan fingerprint density at radius 1 is 0.900 bits per heavy atom. The van der Waals surface area contributed by atoms with E-state index < -0.39 is 0 Å². The molecule has 2 aliphatic carbocycles. The Balaban J connectivity index is 0.000000452. The molecule has 20 heavy (non-hydrogen) atoms. The Labute approximate surface area is 127 Å². The molecule has 2 saturated carbocycles. The zero-order valence-corrected chi connectivity index (χ0v) is 14.2. The van der Waals surface area contributed by atoms with Gasteiger partial charge < -0.3 is 4.90 Å². The van der Waals surface area contributed by atoms with Gasteiger partial charge in [0.1, 0.15) is 0 Å². The van der Waals surface area contributed by atoms with E-state index in [9.17, 15) is 0 Å². The Morgan fingerprint density at radius 2 is 1.55 bits per heavy atom. The minimum atomic E-state index is 1.03. The summed E-state index contributed by atoms with van der Waals surface area (Å²) in [5, 5.41) is 0. The molecule has 0 amide bonds. The van der Waals surface area contributed by atoms with E-state index in [4.69, 9.17) is 0 Å². The third-order valence-electron chi connectivity index (χ3n) is 5.71. The van der Waals surface area contributed by atoms with Crippen LogP contribution in [0.15, 0.2) is 0 Å². The summed E-state index contributed by atoms with van der Waals surface area (Å²) >= 11 is 0. The van der Waals surface area contributed by atoms with E-state index in [0.29, 0.717) is 0 Å². The molecule has 0 aromatic carbocycles. The van der Waals surface area contributed by atoms with E-state index in [1.54, 1.807) is 32.1 Å². The molecule has 0 aromatic heterocycles. The summed E-state index contributed by atoms with van der Waals surface area (Å²) in [6.07, 6.45) is 13.4. The average molecular weight is 280 g/mol. The maximum absolute atomic E-state index is 2.70. The topological polar surface area (TPSA) is 3.24 Å². The highest BCUT2D eigenvalue weighted by molar-refractivity contribution is 4.87. The van der Waals surface area contributed by atoms with Gasteiger partial charge in [0, 0.05) is 0 Å². The fraction of sp³-hybridized carbons (Fsp3) is 1.00. The first-order valence-electron chi connectivity index (χ1n) is 9.45. The second kappa shape index (κ2) is 8.41. The van der Waals surface area contributed by atoms with Crippen molar-refractivity contribution in [1.82, 2.24) is 4.90 Å². The summed E-state index contributed by atoms with van der Waals surface area (Å²) < 4.78 is 0. The van der Waals surface area contributed by atoms with Crippen molar-refractivity contribution in [1.29, 1.82) is 0 Å². The molecule has 0 N–H and O–H groups in total. The molecule has 4 unspecified atom stereocenters. The summed E-state index contributed by atoms with van der Waals surface area (Å²) in [5.41, 5.74) is 0. The summed E-state index contributed by atoms with van der Waals surface area (Å²) in [7, 11) is 0. The van der Waals surface area contributed by atoms with Crippen LogP contribution in [-0.4, -0.2) is 24.5 Å². The minimum Gasteiger partial charge on any atom is -0.303 e. The van der Waals surface area contributed by atoms with Gasteiger partial charge in [-0.3, -0.25) is 0 Å². The summed E-state index contributed by atoms with van der Waals surface area (Å²) in [6.45, 7) is 10.9. The van der Waals surface area contributed by atoms with Gasteiger partial charge in [-0.15, -0.1) is 0 Å². The number of nitrogens with zero attached hydrogens (tertiary/aromatic N) is 1. The van der Waals surface area contributed by atoms with E-state index >= 15 is 0 Å².